The second-order valence-electron chi connectivity index (χ2n) is 1.20. The lowest BCUT2D eigenvalue weighted by molar-refractivity contribution is -0.122. The molecule has 0 aliphatic heterocycles. The van der Waals surface area contributed by atoms with Crippen LogP contribution in [0.15, 0.2) is 0 Å². The van der Waals surface area contributed by atoms with Crippen LogP contribution in [0.5, 0.6) is 0 Å². The number of carbonyl (C=O) groups excluding carboxylic acids is 2. The van der Waals surface area contributed by atoms with E-state index in [2.05, 4.69) is 3.63 Å². The van der Waals surface area contributed by atoms with E-state index in [-0.39, 0.29) is 12.6 Å². The van der Waals surface area contributed by atoms with E-state index in [1.54, 1.807) is 0 Å². The van der Waals surface area contributed by atoms with Gasteiger partial charge in [0.2, 0.25) is 0 Å². The third-order valence-electron chi connectivity index (χ3n) is 0.228. The first-order chi connectivity index (χ1) is 5.62. The standard InChI is InChI=1S/C2H2O2.H2O7S2/c3-1-2-4;1-8(2,3)7-9(4,5)6/h1-2H;(H,1,2,3)(H,4,5,6). The van der Waals surface area contributed by atoms with Crippen LogP contribution in [0.25, 0.3) is 0 Å². The molecular weight excluding hydrogens is 232 g/mol. The fourth-order valence-electron chi connectivity index (χ4n) is 0.109. The van der Waals surface area contributed by atoms with Gasteiger partial charge < -0.3 is 0 Å². The fraction of sp³-hybridized carbons (Fsp3) is 0. The zero-order valence-corrected chi connectivity index (χ0v) is 7.36. The smallest absolute Gasteiger partial charge is 0.295 e. The van der Waals surface area contributed by atoms with Crippen LogP contribution in [0.1, 0.15) is 0 Å². The van der Waals surface area contributed by atoms with Crippen molar-refractivity contribution in [3.05, 3.63) is 0 Å². The molecule has 0 aromatic rings. The summed E-state index contributed by atoms with van der Waals surface area (Å²) in [5.41, 5.74) is 0. The summed E-state index contributed by atoms with van der Waals surface area (Å²) in [5.74, 6) is 0. The molecule has 0 aromatic carbocycles. The third kappa shape index (κ3) is 24.7. The maximum absolute atomic E-state index is 9.44. The maximum Gasteiger partial charge on any atom is 0.413 e. The first-order valence-electron chi connectivity index (χ1n) is 2.17. The lowest BCUT2D eigenvalue weighted by Gasteiger charge is -1.89. The van der Waals surface area contributed by atoms with Gasteiger partial charge in [-0.2, -0.15) is 16.8 Å². The van der Waals surface area contributed by atoms with Crippen LogP contribution in [-0.4, -0.2) is 38.5 Å². The molecule has 0 radical (unpaired) electrons. The van der Waals surface area contributed by atoms with Crippen LogP contribution in [-0.2, 0) is 34.0 Å². The number of hydrogen-bond acceptors (Lipinski definition) is 7. The van der Waals surface area contributed by atoms with Crippen molar-refractivity contribution < 1.29 is 39.2 Å². The molecule has 78 valence electrons. The molecule has 0 spiro atoms. The summed E-state index contributed by atoms with van der Waals surface area (Å²) in [7, 11) is -10.2. The molecular formula is C2H4O9S2. The quantitative estimate of drug-likeness (QED) is 0.321. The van der Waals surface area contributed by atoms with E-state index in [0.717, 1.165) is 0 Å². The lowest BCUT2D eigenvalue weighted by atomic mass is 10.9. The SMILES string of the molecule is O=CC=O.O=S(=O)(O)OS(=O)(=O)O. The Morgan fingerprint density at radius 1 is 0.846 bits per heavy atom. The fourth-order valence-corrected chi connectivity index (χ4v) is 0.978. The van der Waals surface area contributed by atoms with Crippen molar-refractivity contribution in [2.45, 2.75) is 0 Å². The molecule has 0 rings (SSSR count). The number of hydrogen-bond donors (Lipinski definition) is 2. The Morgan fingerprint density at radius 2 is 1.08 bits per heavy atom. The summed E-state index contributed by atoms with van der Waals surface area (Å²) < 4.78 is 55.6. The summed E-state index contributed by atoms with van der Waals surface area (Å²) in [5, 5.41) is 0. The second kappa shape index (κ2) is 5.71. The first kappa shape index (κ1) is 14.6. The average molecular weight is 236 g/mol. The van der Waals surface area contributed by atoms with E-state index >= 15 is 0 Å². The summed E-state index contributed by atoms with van der Waals surface area (Å²) in [4.78, 5) is 17.6. The molecule has 0 heterocycles. The molecule has 0 saturated heterocycles. The van der Waals surface area contributed by atoms with Crippen LogP contribution >= 0.6 is 0 Å². The normalized spacial score (nSPS) is 10.9. The Bertz CT molecular complexity index is 309. The predicted molar refractivity (Wildman–Crippen MR) is 36.3 cm³/mol. The summed E-state index contributed by atoms with van der Waals surface area (Å²) >= 11 is 0. The number of aldehydes is 2. The molecule has 2 N–H and O–H groups in total. The van der Waals surface area contributed by atoms with E-state index < -0.39 is 20.8 Å². The van der Waals surface area contributed by atoms with Gasteiger partial charge in [0.25, 0.3) is 0 Å². The molecule has 11 heteroatoms. The monoisotopic (exact) mass is 236 g/mol. The van der Waals surface area contributed by atoms with Crippen molar-refractivity contribution in [1.29, 1.82) is 0 Å². The van der Waals surface area contributed by atoms with Crippen LogP contribution in [0, 0.1) is 0 Å². The second-order valence-corrected chi connectivity index (χ2v) is 3.45. The first-order valence-corrected chi connectivity index (χ1v) is 4.90. The Balaban J connectivity index is 0. The number of carbonyl (C=O) groups is 2. The van der Waals surface area contributed by atoms with E-state index in [1.165, 1.54) is 0 Å². The van der Waals surface area contributed by atoms with Gasteiger partial charge in [-0.15, -0.1) is 3.63 Å². The van der Waals surface area contributed by atoms with E-state index in [4.69, 9.17) is 18.7 Å². The molecule has 0 amide bonds. The van der Waals surface area contributed by atoms with Gasteiger partial charge in [-0.3, -0.25) is 18.7 Å². The molecule has 0 unspecified atom stereocenters. The van der Waals surface area contributed by atoms with Gasteiger partial charge in [0, 0.05) is 0 Å². The van der Waals surface area contributed by atoms with Crippen LogP contribution in [0.4, 0.5) is 0 Å². The highest BCUT2D eigenvalue weighted by Crippen LogP contribution is 1.91. The van der Waals surface area contributed by atoms with E-state index in [0.29, 0.717) is 0 Å². The Hall–Kier alpha value is -0.880. The molecule has 0 aromatic heterocycles. The van der Waals surface area contributed by atoms with Crippen molar-refractivity contribution >= 4 is 33.4 Å². The Kier molecular flexibility index (Phi) is 6.43. The minimum absolute atomic E-state index is 0.194. The summed E-state index contributed by atoms with van der Waals surface area (Å²) in [6.07, 6.45) is 0.389. The van der Waals surface area contributed by atoms with Gasteiger partial charge >= 0.3 is 20.8 Å². The van der Waals surface area contributed by atoms with Gasteiger partial charge in [0.1, 0.15) is 0 Å². The molecule has 0 atom stereocenters. The average Bonchev–Trinajstić information content (AvgIpc) is 1.80. The summed E-state index contributed by atoms with van der Waals surface area (Å²) in [6, 6.07) is 0. The van der Waals surface area contributed by atoms with Crippen molar-refractivity contribution in [3.63, 3.8) is 0 Å². The molecule has 0 bridgehead atoms. The molecule has 13 heavy (non-hydrogen) atoms. The highest BCUT2D eigenvalue weighted by Gasteiger charge is 2.15. The van der Waals surface area contributed by atoms with E-state index in [1.807, 2.05) is 0 Å². The van der Waals surface area contributed by atoms with Crippen LogP contribution in [0.2, 0.25) is 0 Å². The van der Waals surface area contributed by atoms with Gasteiger partial charge in [0.15, 0.2) is 12.6 Å². The van der Waals surface area contributed by atoms with E-state index in [9.17, 15) is 16.8 Å². The third-order valence-corrected chi connectivity index (χ3v) is 1.60. The predicted octanol–water partition coefficient (Wildman–Crippen LogP) is -2.01. The summed E-state index contributed by atoms with van der Waals surface area (Å²) in [6.45, 7) is 0. The lowest BCUT2D eigenvalue weighted by Crippen LogP contribution is -2.10. The highest BCUT2D eigenvalue weighted by molar-refractivity contribution is 7.94. The molecule has 0 aliphatic carbocycles. The van der Waals surface area contributed by atoms with Crippen molar-refractivity contribution in [1.82, 2.24) is 0 Å². The number of rotatable bonds is 3. The van der Waals surface area contributed by atoms with Gasteiger partial charge in [-0.05, 0) is 0 Å². The molecule has 9 nitrogen and oxygen atoms in total. The van der Waals surface area contributed by atoms with Crippen molar-refractivity contribution in [2.75, 3.05) is 0 Å². The highest BCUT2D eigenvalue weighted by atomic mass is 32.3. The zero-order chi connectivity index (χ0) is 11.1. The Labute approximate surface area is 73.2 Å². The van der Waals surface area contributed by atoms with Crippen molar-refractivity contribution in [3.8, 4) is 0 Å². The van der Waals surface area contributed by atoms with Crippen LogP contribution in [0.3, 0.4) is 0 Å². The molecule has 0 fully saturated rings. The zero-order valence-electron chi connectivity index (χ0n) is 5.72. The van der Waals surface area contributed by atoms with Gasteiger partial charge in [-0.1, -0.05) is 0 Å². The maximum atomic E-state index is 9.44. The Morgan fingerprint density at radius 3 is 1.08 bits per heavy atom. The topological polar surface area (TPSA) is 152 Å². The minimum atomic E-state index is -5.12. The molecule has 0 aliphatic rings. The molecule has 0 saturated carbocycles. The van der Waals surface area contributed by atoms with Crippen molar-refractivity contribution in [2.24, 2.45) is 0 Å². The van der Waals surface area contributed by atoms with Gasteiger partial charge in [-0.25, -0.2) is 0 Å². The largest absolute Gasteiger partial charge is 0.413 e. The minimum Gasteiger partial charge on any atom is -0.295 e. The van der Waals surface area contributed by atoms with Crippen LogP contribution < -0.4 is 0 Å². The van der Waals surface area contributed by atoms with Gasteiger partial charge in [0.05, 0.1) is 0 Å².